The highest BCUT2D eigenvalue weighted by atomic mass is 32.2. The molecule has 0 spiro atoms. The molecule has 0 atom stereocenters. The second-order valence-corrected chi connectivity index (χ2v) is 4.38. The van der Waals surface area contributed by atoms with E-state index in [1.54, 1.807) is 0 Å². The molecule has 1 rings (SSSR count). The van der Waals surface area contributed by atoms with Gasteiger partial charge in [0.15, 0.2) is 0 Å². The second kappa shape index (κ2) is 3.32. The zero-order valence-electron chi connectivity index (χ0n) is 6.35. The number of rotatable bonds is 3. The van der Waals surface area contributed by atoms with E-state index in [9.17, 15) is 13.2 Å². The molecule has 0 aliphatic carbocycles. The summed E-state index contributed by atoms with van der Waals surface area (Å²) in [4.78, 5) is 10.7. The van der Waals surface area contributed by atoms with Crippen molar-refractivity contribution >= 4 is 32.5 Å². The Labute approximate surface area is 78.7 Å². The van der Waals surface area contributed by atoms with Gasteiger partial charge in [0.05, 0.1) is 5.56 Å². The van der Waals surface area contributed by atoms with E-state index in [1.807, 2.05) is 4.72 Å². The van der Waals surface area contributed by atoms with Gasteiger partial charge in [0.1, 0.15) is 5.00 Å². The Bertz CT molecular complexity index is 422. The summed E-state index contributed by atoms with van der Waals surface area (Å²) in [7, 11) is -3.85. The van der Waals surface area contributed by atoms with Gasteiger partial charge in [-0.2, -0.15) is 8.42 Å². The molecule has 0 saturated carbocycles. The van der Waals surface area contributed by atoms with Crippen molar-refractivity contribution in [3.63, 3.8) is 0 Å². The molecule has 1 heterocycles. The van der Waals surface area contributed by atoms with Crippen molar-refractivity contribution < 1.29 is 13.2 Å². The van der Waals surface area contributed by atoms with Crippen LogP contribution in [0.4, 0.5) is 5.00 Å². The van der Waals surface area contributed by atoms with Crippen LogP contribution < -0.4 is 15.6 Å². The van der Waals surface area contributed by atoms with Gasteiger partial charge in [0.25, 0.3) is 16.1 Å². The third kappa shape index (κ3) is 2.68. The van der Waals surface area contributed by atoms with Crippen molar-refractivity contribution in [1.82, 2.24) is 0 Å². The summed E-state index contributed by atoms with van der Waals surface area (Å²) in [6, 6.07) is 1.42. The highest BCUT2D eigenvalue weighted by Crippen LogP contribution is 2.22. The second-order valence-electron chi connectivity index (χ2n) is 2.17. The summed E-state index contributed by atoms with van der Waals surface area (Å²) in [6.07, 6.45) is 0. The van der Waals surface area contributed by atoms with E-state index >= 15 is 0 Å². The zero-order chi connectivity index (χ0) is 10.1. The SMILES string of the molecule is NC(=O)c1ccsc1NS(N)(=O)=O. The van der Waals surface area contributed by atoms with Gasteiger partial charge in [0, 0.05) is 0 Å². The lowest BCUT2D eigenvalue weighted by Gasteiger charge is -2.00. The van der Waals surface area contributed by atoms with E-state index < -0.39 is 16.1 Å². The van der Waals surface area contributed by atoms with Gasteiger partial charge in [-0.25, -0.2) is 5.14 Å². The highest BCUT2D eigenvalue weighted by Gasteiger charge is 2.12. The molecular weight excluding hydrogens is 214 g/mol. The quantitative estimate of drug-likeness (QED) is 0.636. The van der Waals surface area contributed by atoms with Crippen LogP contribution in [0.15, 0.2) is 11.4 Å². The first-order valence-corrected chi connectivity index (χ1v) is 5.50. The van der Waals surface area contributed by atoms with Crippen LogP contribution >= 0.6 is 11.3 Å². The molecule has 0 aromatic carbocycles. The Morgan fingerprint density at radius 3 is 2.62 bits per heavy atom. The van der Waals surface area contributed by atoms with Crippen LogP contribution in [-0.4, -0.2) is 14.3 Å². The maximum atomic E-state index is 10.7. The summed E-state index contributed by atoms with van der Waals surface area (Å²) in [5, 5.41) is 6.38. The summed E-state index contributed by atoms with van der Waals surface area (Å²) in [5.74, 6) is -0.701. The molecule has 1 aromatic heterocycles. The normalized spacial score (nSPS) is 11.2. The van der Waals surface area contributed by atoms with Gasteiger partial charge in [-0.05, 0) is 11.4 Å². The van der Waals surface area contributed by atoms with Crippen molar-refractivity contribution in [3.8, 4) is 0 Å². The predicted octanol–water partition coefficient (Wildman–Crippen LogP) is -0.538. The van der Waals surface area contributed by atoms with Gasteiger partial charge in [-0.15, -0.1) is 11.3 Å². The standard InChI is InChI=1S/C5H7N3O3S2/c6-4(9)3-1-2-12-5(3)8-13(7,10)11/h1-2,8H,(H2,6,9)(H2,7,10,11). The first-order valence-electron chi connectivity index (χ1n) is 3.08. The number of thiophene rings is 1. The number of carbonyl (C=O) groups is 1. The van der Waals surface area contributed by atoms with E-state index in [1.165, 1.54) is 11.4 Å². The fraction of sp³-hybridized carbons (Fsp3) is 0. The molecule has 6 nitrogen and oxygen atoms in total. The molecule has 0 aliphatic rings. The molecular formula is C5H7N3O3S2. The predicted molar refractivity (Wildman–Crippen MR) is 49.6 cm³/mol. The first-order chi connectivity index (χ1) is 5.90. The molecule has 0 unspecified atom stereocenters. The zero-order valence-corrected chi connectivity index (χ0v) is 7.98. The minimum Gasteiger partial charge on any atom is -0.366 e. The Morgan fingerprint density at radius 1 is 1.54 bits per heavy atom. The number of amides is 1. The minimum atomic E-state index is -3.85. The van der Waals surface area contributed by atoms with Gasteiger partial charge >= 0.3 is 0 Å². The Balaban J connectivity index is 3.02. The largest absolute Gasteiger partial charge is 0.366 e. The lowest BCUT2D eigenvalue weighted by molar-refractivity contribution is 0.100. The molecule has 0 radical (unpaired) electrons. The number of carbonyl (C=O) groups excluding carboxylic acids is 1. The van der Waals surface area contributed by atoms with Crippen molar-refractivity contribution in [2.24, 2.45) is 10.9 Å². The molecule has 13 heavy (non-hydrogen) atoms. The van der Waals surface area contributed by atoms with E-state index in [0.29, 0.717) is 0 Å². The lowest BCUT2D eigenvalue weighted by Crippen LogP contribution is -2.23. The highest BCUT2D eigenvalue weighted by molar-refractivity contribution is 7.90. The molecule has 1 aromatic rings. The maximum Gasteiger partial charge on any atom is 0.297 e. The van der Waals surface area contributed by atoms with Crippen molar-refractivity contribution in [2.45, 2.75) is 0 Å². The summed E-state index contributed by atoms with van der Waals surface area (Å²) in [5.41, 5.74) is 5.08. The smallest absolute Gasteiger partial charge is 0.297 e. The Kier molecular flexibility index (Phi) is 2.55. The first kappa shape index (κ1) is 9.96. The molecule has 72 valence electrons. The van der Waals surface area contributed by atoms with Crippen LogP contribution in [0.25, 0.3) is 0 Å². The van der Waals surface area contributed by atoms with Crippen molar-refractivity contribution in [3.05, 3.63) is 17.0 Å². The van der Waals surface area contributed by atoms with Crippen LogP contribution in [0.1, 0.15) is 10.4 Å². The molecule has 0 fully saturated rings. The summed E-state index contributed by atoms with van der Waals surface area (Å²) >= 11 is 1.03. The fourth-order valence-corrected chi connectivity index (χ4v) is 2.26. The number of nitrogens with two attached hydrogens (primary N) is 2. The van der Waals surface area contributed by atoms with E-state index in [-0.39, 0.29) is 10.6 Å². The van der Waals surface area contributed by atoms with E-state index in [2.05, 4.69) is 0 Å². The van der Waals surface area contributed by atoms with Crippen LogP contribution in [0.2, 0.25) is 0 Å². The summed E-state index contributed by atoms with van der Waals surface area (Å²) < 4.78 is 23.2. The number of hydrogen-bond donors (Lipinski definition) is 3. The summed E-state index contributed by atoms with van der Waals surface area (Å²) in [6.45, 7) is 0. The number of anilines is 1. The van der Waals surface area contributed by atoms with Crippen LogP contribution in [0.5, 0.6) is 0 Å². The number of primary amides is 1. The average Bonchev–Trinajstić information content (AvgIpc) is 2.31. The Morgan fingerprint density at radius 2 is 2.15 bits per heavy atom. The van der Waals surface area contributed by atoms with Gasteiger partial charge < -0.3 is 5.73 Å². The molecule has 0 aliphatic heterocycles. The number of nitrogens with one attached hydrogen (secondary N) is 1. The molecule has 8 heteroatoms. The topological polar surface area (TPSA) is 115 Å². The lowest BCUT2D eigenvalue weighted by atomic mass is 10.3. The number of hydrogen-bond acceptors (Lipinski definition) is 4. The van der Waals surface area contributed by atoms with Crippen molar-refractivity contribution in [1.29, 1.82) is 0 Å². The minimum absolute atomic E-state index is 0.110. The monoisotopic (exact) mass is 221 g/mol. The van der Waals surface area contributed by atoms with Crippen LogP contribution in [0.3, 0.4) is 0 Å². The third-order valence-corrected chi connectivity index (χ3v) is 2.61. The van der Waals surface area contributed by atoms with Gasteiger partial charge in [0.2, 0.25) is 0 Å². The molecule has 5 N–H and O–H groups in total. The van der Waals surface area contributed by atoms with E-state index in [0.717, 1.165) is 11.3 Å². The van der Waals surface area contributed by atoms with Crippen molar-refractivity contribution in [2.75, 3.05) is 4.72 Å². The molecule has 0 saturated heterocycles. The van der Waals surface area contributed by atoms with Crippen LogP contribution in [-0.2, 0) is 10.2 Å². The Hall–Kier alpha value is -1.12. The fourth-order valence-electron chi connectivity index (χ4n) is 0.712. The average molecular weight is 221 g/mol. The van der Waals surface area contributed by atoms with E-state index in [4.69, 9.17) is 10.9 Å². The molecule has 0 bridgehead atoms. The maximum absolute atomic E-state index is 10.7. The van der Waals surface area contributed by atoms with Crippen LogP contribution in [0, 0.1) is 0 Å². The molecule has 1 amide bonds. The van der Waals surface area contributed by atoms with Gasteiger partial charge in [-0.1, -0.05) is 0 Å². The third-order valence-electron chi connectivity index (χ3n) is 1.17. The van der Waals surface area contributed by atoms with Gasteiger partial charge in [-0.3, -0.25) is 9.52 Å².